The lowest BCUT2D eigenvalue weighted by molar-refractivity contribution is -0.116. The first-order valence-electron chi connectivity index (χ1n) is 7.74. The molecule has 0 saturated heterocycles. The molecule has 116 valence electrons. The number of rotatable bonds is 5. The van der Waals surface area contributed by atoms with Gasteiger partial charge in [-0.15, -0.1) is 0 Å². The second-order valence-electron chi connectivity index (χ2n) is 6.24. The maximum Gasteiger partial charge on any atom is 0.224 e. The summed E-state index contributed by atoms with van der Waals surface area (Å²) in [6, 6.07) is 6.59. The number of carbonyl (C=O) groups excluding carboxylic acids is 1. The maximum absolute atomic E-state index is 11.7. The minimum atomic E-state index is -0.455. The minimum absolute atomic E-state index is 0.0793. The van der Waals surface area contributed by atoms with Gasteiger partial charge < -0.3 is 15.3 Å². The zero-order chi connectivity index (χ0) is 15.6. The highest BCUT2D eigenvalue weighted by atomic mass is 16.3. The van der Waals surface area contributed by atoms with Gasteiger partial charge in [0.1, 0.15) is 0 Å². The van der Waals surface area contributed by atoms with E-state index in [-0.39, 0.29) is 11.9 Å². The monoisotopic (exact) mass is 290 g/mol. The van der Waals surface area contributed by atoms with Gasteiger partial charge in [-0.25, -0.2) is 0 Å². The molecule has 1 aliphatic heterocycles. The normalized spacial score (nSPS) is 19.0. The Morgan fingerprint density at radius 3 is 2.81 bits per heavy atom. The number of amides is 1. The molecule has 0 bridgehead atoms. The summed E-state index contributed by atoms with van der Waals surface area (Å²) in [5, 5.41) is 13.6. The third-order valence-corrected chi connectivity index (χ3v) is 4.01. The SMILES string of the molecule is CC(=O)N1c2ccc(C(O)CCNC(C)C)cc2CC1C. The van der Waals surface area contributed by atoms with Gasteiger partial charge in [0.15, 0.2) is 0 Å². The van der Waals surface area contributed by atoms with Crippen LogP contribution in [0.15, 0.2) is 18.2 Å². The van der Waals surface area contributed by atoms with E-state index >= 15 is 0 Å². The van der Waals surface area contributed by atoms with Crippen LogP contribution in [-0.4, -0.2) is 29.6 Å². The number of aliphatic hydroxyl groups excluding tert-OH is 1. The summed E-state index contributed by atoms with van der Waals surface area (Å²) in [5.41, 5.74) is 3.09. The van der Waals surface area contributed by atoms with Crippen LogP contribution in [0.3, 0.4) is 0 Å². The molecule has 21 heavy (non-hydrogen) atoms. The van der Waals surface area contributed by atoms with Crippen LogP contribution in [0, 0.1) is 0 Å². The molecule has 4 nitrogen and oxygen atoms in total. The standard InChI is InChI=1S/C17H26N2O2/c1-11(2)18-8-7-17(21)14-5-6-16-15(10-14)9-12(3)19(16)13(4)20/h5-6,10-12,17-18,21H,7-9H2,1-4H3. The lowest BCUT2D eigenvalue weighted by Gasteiger charge is -2.21. The largest absolute Gasteiger partial charge is 0.388 e. The molecule has 1 aromatic carbocycles. The fraction of sp³-hybridized carbons (Fsp3) is 0.588. The van der Waals surface area contributed by atoms with Gasteiger partial charge in [-0.05, 0) is 43.5 Å². The van der Waals surface area contributed by atoms with Crippen molar-refractivity contribution < 1.29 is 9.90 Å². The number of fused-ring (bicyclic) bond motifs is 1. The third kappa shape index (κ3) is 3.63. The molecule has 0 saturated carbocycles. The van der Waals surface area contributed by atoms with Gasteiger partial charge in [0.2, 0.25) is 5.91 Å². The molecule has 4 heteroatoms. The Labute approximate surface area is 127 Å². The average molecular weight is 290 g/mol. The lowest BCUT2D eigenvalue weighted by atomic mass is 10.0. The van der Waals surface area contributed by atoms with E-state index in [0.717, 1.165) is 29.8 Å². The lowest BCUT2D eigenvalue weighted by Crippen LogP contribution is -2.33. The number of hydrogen-bond donors (Lipinski definition) is 2. The predicted octanol–water partition coefficient (Wildman–Crippen LogP) is 2.41. The molecule has 0 aromatic heterocycles. The Bertz CT molecular complexity index is 514. The van der Waals surface area contributed by atoms with Crippen LogP contribution >= 0.6 is 0 Å². The summed E-state index contributed by atoms with van der Waals surface area (Å²) >= 11 is 0. The van der Waals surface area contributed by atoms with Gasteiger partial charge in [0, 0.05) is 24.7 Å². The second-order valence-corrected chi connectivity index (χ2v) is 6.24. The van der Waals surface area contributed by atoms with Crippen molar-refractivity contribution in [3.05, 3.63) is 29.3 Å². The number of carbonyl (C=O) groups is 1. The fourth-order valence-corrected chi connectivity index (χ4v) is 3.01. The number of benzene rings is 1. The van der Waals surface area contributed by atoms with Gasteiger partial charge in [0.25, 0.3) is 0 Å². The Kier molecular flexibility index (Phi) is 5.01. The first-order chi connectivity index (χ1) is 9.90. The van der Waals surface area contributed by atoms with Crippen molar-refractivity contribution in [3.63, 3.8) is 0 Å². The molecule has 2 N–H and O–H groups in total. The van der Waals surface area contributed by atoms with E-state index in [1.165, 1.54) is 0 Å². The Morgan fingerprint density at radius 2 is 2.19 bits per heavy atom. The van der Waals surface area contributed by atoms with Gasteiger partial charge in [0.05, 0.1) is 6.10 Å². The summed E-state index contributed by atoms with van der Waals surface area (Å²) in [5.74, 6) is 0.0793. The Morgan fingerprint density at radius 1 is 1.48 bits per heavy atom. The number of anilines is 1. The molecule has 1 aliphatic rings. The maximum atomic E-state index is 11.7. The molecular weight excluding hydrogens is 264 g/mol. The Balaban J connectivity index is 2.08. The van der Waals surface area contributed by atoms with Crippen LogP contribution in [0.1, 0.15) is 51.3 Å². The molecule has 0 aliphatic carbocycles. The minimum Gasteiger partial charge on any atom is -0.388 e. The Hall–Kier alpha value is -1.39. The quantitative estimate of drug-likeness (QED) is 0.875. The van der Waals surface area contributed by atoms with E-state index in [1.807, 2.05) is 17.0 Å². The number of nitrogens with zero attached hydrogens (tertiary/aromatic N) is 1. The van der Waals surface area contributed by atoms with E-state index < -0.39 is 6.10 Å². The summed E-state index contributed by atoms with van der Waals surface area (Å²) in [6.07, 6.45) is 1.10. The van der Waals surface area contributed by atoms with Crippen molar-refractivity contribution in [1.29, 1.82) is 0 Å². The molecule has 1 heterocycles. The van der Waals surface area contributed by atoms with E-state index in [0.29, 0.717) is 12.5 Å². The van der Waals surface area contributed by atoms with E-state index in [4.69, 9.17) is 0 Å². The van der Waals surface area contributed by atoms with Crippen LogP contribution in [-0.2, 0) is 11.2 Å². The first kappa shape index (κ1) is 16.0. The summed E-state index contributed by atoms with van der Waals surface area (Å²) in [4.78, 5) is 13.6. The second kappa shape index (κ2) is 6.58. The fourth-order valence-electron chi connectivity index (χ4n) is 3.01. The zero-order valence-electron chi connectivity index (χ0n) is 13.4. The molecule has 2 rings (SSSR count). The topological polar surface area (TPSA) is 52.6 Å². The number of hydrogen-bond acceptors (Lipinski definition) is 3. The summed E-state index contributed by atoms with van der Waals surface area (Å²) in [7, 11) is 0. The molecule has 0 radical (unpaired) electrons. The number of aliphatic hydroxyl groups is 1. The molecule has 2 atom stereocenters. The number of nitrogens with one attached hydrogen (secondary N) is 1. The van der Waals surface area contributed by atoms with Crippen molar-refractivity contribution >= 4 is 11.6 Å². The molecule has 1 amide bonds. The van der Waals surface area contributed by atoms with Crippen molar-refractivity contribution in [3.8, 4) is 0 Å². The van der Waals surface area contributed by atoms with Crippen molar-refractivity contribution in [2.45, 2.75) is 58.7 Å². The van der Waals surface area contributed by atoms with Gasteiger partial charge in [-0.2, -0.15) is 0 Å². The molecular formula is C17H26N2O2. The van der Waals surface area contributed by atoms with Crippen LogP contribution in [0.4, 0.5) is 5.69 Å². The molecule has 0 spiro atoms. The van der Waals surface area contributed by atoms with Crippen molar-refractivity contribution in [1.82, 2.24) is 5.32 Å². The van der Waals surface area contributed by atoms with Crippen LogP contribution in [0.25, 0.3) is 0 Å². The molecule has 2 unspecified atom stereocenters. The van der Waals surface area contributed by atoms with Crippen LogP contribution in [0.2, 0.25) is 0 Å². The summed E-state index contributed by atoms with van der Waals surface area (Å²) in [6.45, 7) is 8.65. The van der Waals surface area contributed by atoms with Crippen molar-refractivity contribution in [2.24, 2.45) is 0 Å². The van der Waals surface area contributed by atoms with E-state index in [1.54, 1.807) is 6.92 Å². The smallest absolute Gasteiger partial charge is 0.224 e. The average Bonchev–Trinajstić information content (AvgIpc) is 2.72. The summed E-state index contributed by atoms with van der Waals surface area (Å²) < 4.78 is 0. The molecule has 1 aromatic rings. The third-order valence-electron chi connectivity index (χ3n) is 4.01. The molecule has 0 fully saturated rings. The van der Waals surface area contributed by atoms with Gasteiger partial charge in [-0.3, -0.25) is 4.79 Å². The van der Waals surface area contributed by atoms with Crippen LogP contribution in [0.5, 0.6) is 0 Å². The zero-order valence-corrected chi connectivity index (χ0v) is 13.4. The highest BCUT2D eigenvalue weighted by Crippen LogP contribution is 2.34. The van der Waals surface area contributed by atoms with Gasteiger partial charge >= 0.3 is 0 Å². The predicted molar refractivity (Wildman–Crippen MR) is 85.5 cm³/mol. The van der Waals surface area contributed by atoms with Crippen molar-refractivity contribution in [2.75, 3.05) is 11.4 Å². The van der Waals surface area contributed by atoms with E-state index in [2.05, 4.69) is 32.2 Å². The first-order valence-corrected chi connectivity index (χ1v) is 7.74. The highest BCUT2D eigenvalue weighted by molar-refractivity contribution is 5.94. The van der Waals surface area contributed by atoms with E-state index in [9.17, 15) is 9.90 Å². The van der Waals surface area contributed by atoms with Crippen LogP contribution < -0.4 is 10.2 Å². The highest BCUT2D eigenvalue weighted by Gasteiger charge is 2.29. The van der Waals surface area contributed by atoms with Gasteiger partial charge in [-0.1, -0.05) is 26.0 Å².